The first kappa shape index (κ1) is 16.7. The van der Waals surface area contributed by atoms with E-state index in [-0.39, 0.29) is 12.5 Å². The minimum Gasteiger partial charge on any atom is -0.339 e. The molecule has 1 saturated heterocycles. The van der Waals surface area contributed by atoms with E-state index in [9.17, 15) is 4.79 Å². The average Bonchev–Trinajstić information content (AvgIpc) is 3.22. The molecule has 2 aromatic heterocycles. The van der Waals surface area contributed by atoms with Crippen molar-refractivity contribution in [1.29, 1.82) is 0 Å². The monoisotopic (exact) mass is 419 g/mol. The molecule has 0 bridgehead atoms. The molecule has 130 valence electrons. The molecular formula is C17H18BrN5OS. The fourth-order valence-electron chi connectivity index (χ4n) is 3.07. The third-order valence-corrected chi connectivity index (χ3v) is 6.05. The maximum Gasteiger partial charge on any atom is 0.244 e. The predicted octanol–water partition coefficient (Wildman–Crippen LogP) is 2.60. The van der Waals surface area contributed by atoms with Crippen molar-refractivity contribution in [3.8, 4) is 0 Å². The van der Waals surface area contributed by atoms with E-state index in [1.165, 1.54) is 4.88 Å². The van der Waals surface area contributed by atoms with Crippen LogP contribution in [0.3, 0.4) is 0 Å². The zero-order valence-corrected chi connectivity index (χ0v) is 16.0. The number of carbonyl (C=O) groups is 1. The van der Waals surface area contributed by atoms with Crippen LogP contribution in [-0.2, 0) is 17.9 Å². The summed E-state index contributed by atoms with van der Waals surface area (Å²) in [4.78, 5) is 18.3. The van der Waals surface area contributed by atoms with Crippen LogP contribution in [0.4, 0.5) is 0 Å². The summed E-state index contributed by atoms with van der Waals surface area (Å²) in [5.74, 6) is 0.106. The second-order valence-corrected chi connectivity index (χ2v) is 8.65. The van der Waals surface area contributed by atoms with Crippen LogP contribution >= 0.6 is 27.3 Å². The number of rotatable bonds is 4. The lowest BCUT2D eigenvalue weighted by atomic mass is 10.3. The van der Waals surface area contributed by atoms with Crippen LogP contribution in [0.5, 0.6) is 0 Å². The lowest BCUT2D eigenvalue weighted by Crippen LogP contribution is -2.49. The SMILES string of the molecule is O=C(Cn1nnc2ccccc21)N1CCN(Cc2ccc(Br)s2)CC1. The van der Waals surface area contributed by atoms with Crippen LogP contribution in [0.25, 0.3) is 11.0 Å². The fourth-order valence-corrected chi connectivity index (χ4v) is 4.60. The summed E-state index contributed by atoms with van der Waals surface area (Å²) in [6.07, 6.45) is 0. The van der Waals surface area contributed by atoms with Crippen molar-refractivity contribution in [3.05, 3.63) is 45.1 Å². The Kier molecular flexibility index (Phi) is 4.82. The quantitative estimate of drug-likeness (QED) is 0.651. The van der Waals surface area contributed by atoms with E-state index in [2.05, 4.69) is 43.3 Å². The molecule has 0 spiro atoms. The van der Waals surface area contributed by atoms with Crippen molar-refractivity contribution in [1.82, 2.24) is 24.8 Å². The molecule has 8 heteroatoms. The molecule has 0 saturated carbocycles. The largest absolute Gasteiger partial charge is 0.339 e. The van der Waals surface area contributed by atoms with E-state index < -0.39 is 0 Å². The molecule has 3 heterocycles. The minimum atomic E-state index is 0.106. The van der Waals surface area contributed by atoms with E-state index >= 15 is 0 Å². The molecule has 1 fully saturated rings. The number of nitrogens with zero attached hydrogens (tertiary/aromatic N) is 5. The summed E-state index contributed by atoms with van der Waals surface area (Å²) in [5, 5.41) is 8.22. The number of aromatic nitrogens is 3. The number of benzene rings is 1. The molecule has 1 amide bonds. The number of hydrogen-bond acceptors (Lipinski definition) is 5. The predicted molar refractivity (Wildman–Crippen MR) is 101 cm³/mol. The van der Waals surface area contributed by atoms with Crippen LogP contribution < -0.4 is 0 Å². The highest BCUT2D eigenvalue weighted by molar-refractivity contribution is 9.11. The Hall–Kier alpha value is -1.77. The van der Waals surface area contributed by atoms with Crippen molar-refractivity contribution < 1.29 is 4.79 Å². The van der Waals surface area contributed by atoms with Gasteiger partial charge in [0.25, 0.3) is 0 Å². The third kappa shape index (κ3) is 3.75. The summed E-state index contributed by atoms with van der Waals surface area (Å²) in [6.45, 7) is 4.53. The number of fused-ring (bicyclic) bond motifs is 1. The first-order valence-corrected chi connectivity index (χ1v) is 9.82. The Morgan fingerprint density at radius 2 is 1.92 bits per heavy atom. The molecule has 1 aromatic carbocycles. The molecule has 25 heavy (non-hydrogen) atoms. The zero-order chi connectivity index (χ0) is 17.2. The van der Waals surface area contributed by atoms with E-state index in [4.69, 9.17) is 0 Å². The third-order valence-electron chi connectivity index (χ3n) is 4.44. The molecule has 0 unspecified atom stereocenters. The van der Waals surface area contributed by atoms with Crippen molar-refractivity contribution in [3.63, 3.8) is 0 Å². The van der Waals surface area contributed by atoms with Gasteiger partial charge in [0.2, 0.25) is 5.91 Å². The van der Waals surface area contributed by atoms with Crippen molar-refractivity contribution >= 4 is 44.2 Å². The molecule has 3 aromatic rings. The molecule has 1 aliphatic heterocycles. The lowest BCUT2D eigenvalue weighted by Gasteiger charge is -2.34. The smallest absolute Gasteiger partial charge is 0.244 e. The van der Waals surface area contributed by atoms with Gasteiger partial charge in [0.05, 0.1) is 9.30 Å². The highest BCUT2D eigenvalue weighted by atomic mass is 79.9. The molecule has 0 atom stereocenters. The summed E-state index contributed by atoms with van der Waals surface area (Å²) in [7, 11) is 0. The highest BCUT2D eigenvalue weighted by Crippen LogP contribution is 2.23. The molecule has 6 nitrogen and oxygen atoms in total. The van der Waals surface area contributed by atoms with Crippen LogP contribution in [-0.4, -0.2) is 56.9 Å². The Morgan fingerprint density at radius 3 is 2.68 bits per heavy atom. The molecule has 1 aliphatic rings. The Labute approximate surface area is 158 Å². The lowest BCUT2D eigenvalue weighted by molar-refractivity contribution is -0.133. The number of piperazine rings is 1. The summed E-state index contributed by atoms with van der Waals surface area (Å²) in [5.41, 5.74) is 1.72. The van der Waals surface area contributed by atoms with E-state index in [0.29, 0.717) is 0 Å². The van der Waals surface area contributed by atoms with Gasteiger partial charge in [0.1, 0.15) is 12.1 Å². The molecule has 0 N–H and O–H groups in total. The normalized spacial score (nSPS) is 15.8. The van der Waals surface area contributed by atoms with E-state index in [0.717, 1.165) is 47.5 Å². The van der Waals surface area contributed by atoms with Crippen molar-refractivity contribution in [2.75, 3.05) is 26.2 Å². The number of carbonyl (C=O) groups excluding carboxylic acids is 1. The number of halogens is 1. The van der Waals surface area contributed by atoms with Gasteiger partial charge < -0.3 is 4.90 Å². The highest BCUT2D eigenvalue weighted by Gasteiger charge is 2.22. The van der Waals surface area contributed by atoms with Crippen LogP contribution in [0.1, 0.15) is 4.88 Å². The summed E-state index contributed by atoms with van der Waals surface area (Å²) >= 11 is 5.27. The Morgan fingerprint density at radius 1 is 1.12 bits per heavy atom. The average molecular weight is 420 g/mol. The molecule has 0 aliphatic carbocycles. The van der Waals surface area contributed by atoms with Crippen LogP contribution in [0.2, 0.25) is 0 Å². The Bertz CT molecular complexity index is 884. The summed E-state index contributed by atoms with van der Waals surface area (Å²) < 4.78 is 2.85. The first-order chi connectivity index (χ1) is 12.2. The number of para-hydroxylation sites is 1. The maximum atomic E-state index is 12.6. The van der Waals surface area contributed by atoms with Gasteiger partial charge in [0.15, 0.2) is 0 Å². The second kappa shape index (κ2) is 7.23. The van der Waals surface area contributed by atoms with Crippen molar-refractivity contribution in [2.24, 2.45) is 0 Å². The van der Waals surface area contributed by atoms with Crippen molar-refractivity contribution in [2.45, 2.75) is 13.1 Å². The zero-order valence-electron chi connectivity index (χ0n) is 13.6. The molecular weight excluding hydrogens is 402 g/mol. The minimum absolute atomic E-state index is 0.106. The van der Waals surface area contributed by atoms with Crippen LogP contribution in [0, 0.1) is 0 Å². The van der Waals surface area contributed by atoms with E-state index in [1.807, 2.05) is 29.2 Å². The van der Waals surface area contributed by atoms with E-state index in [1.54, 1.807) is 16.0 Å². The molecule has 4 rings (SSSR count). The van der Waals surface area contributed by atoms with Gasteiger partial charge in [-0.1, -0.05) is 17.3 Å². The van der Waals surface area contributed by atoms with Gasteiger partial charge in [-0.25, -0.2) is 4.68 Å². The van der Waals surface area contributed by atoms with Gasteiger partial charge in [0, 0.05) is 37.6 Å². The summed E-state index contributed by atoms with van der Waals surface area (Å²) in [6, 6.07) is 12.0. The molecule has 0 radical (unpaired) electrons. The van der Waals surface area contributed by atoms with Crippen LogP contribution in [0.15, 0.2) is 40.2 Å². The maximum absolute atomic E-state index is 12.6. The number of hydrogen-bond donors (Lipinski definition) is 0. The van der Waals surface area contributed by atoms with Gasteiger partial charge in [-0.15, -0.1) is 16.4 Å². The standard InChI is InChI=1S/C17H18BrN5OS/c18-16-6-5-13(25-16)11-21-7-9-22(10-8-21)17(24)12-23-15-4-2-1-3-14(15)19-20-23/h1-6H,7-12H2. The number of thiophene rings is 1. The number of amides is 1. The second-order valence-electron chi connectivity index (χ2n) is 6.10. The van der Waals surface area contributed by atoms with Gasteiger partial charge >= 0.3 is 0 Å². The van der Waals surface area contributed by atoms with Gasteiger partial charge in [-0.2, -0.15) is 0 Å². The fraction of sp³-hybridized carbons (Fsp3) is 0.353. The van der Waals surface area contributed by atoms with Gasteiger partial charge in [-0.05, 0) is 40.2 Å². The topological polar surface area (TPSA) is 54.3 Å². The Balaban J connectivity index is 1.33. The first-order valence-electron chi connectivity index (χ1n) is 8.21. The van der Waals surface area contributed by atoms with Gasteiger partial charge in [-0.3, -0.25) is 9.69 Å².